The number of ether oxygens (including phenoxy) is 1. The highest BCUT2D eigenvalue weighted by Gasteiger charge is 2.50. The van der Waals surface area contributed by atoms with Gasteiger partial charge in [0.05, 0.1) is 23.7 Å². The van der Waals surface area contributed by atoms with Gasteiger partial charge in [-0.3, -0.25) is 9.21 Å². The van der Waals surface area contributed by atoms with Gasteiger partial charge in [-0.05, 0) is 66.4 Å². The number of benzene rings is 4. The molecule has 2 aliphatic heterocycles. The van der Waals surface area contributed by atoms with Gasteiger partial charge in [0.15, 0.2) is 0 Å². The van der Waals surface area contributed by atoms with Gasteiger partial charge in [-0.2, -0.15) is 0 Å². The summed E-state index contributed by atoms with van der Waals surface area (Å²) in [6.45, 7) is 3.46. The molecule has 5 aromatic rings. The molecule has 7 heteroatoms. The molecule has 40 heavy (non-hydrogen) atoms. The Morgan fingerprint density at radius 1 is 0.900 bits per heavy atom. The third-order valence-electron chi connectivity index (χ3n) is 8.33. The topological polar surface area (TPSA) is 65.6 Å². The first-order valence-electron chi connectivity index (χ1n) is 13.6. The highest BCUT2D eigenvalue weighted by Crippen LogP contribution is 2.56. The predicted molar refractivity (Wildman–Crippen MR) is 158 cm³/mol. The van der Waals surface area contributed by atoms with E-state index < -0.39 is 16.1 Å². The second kappa shape index (κ2) is 9.54. The Morgan fingerprint density at radius 2 is 1.65 bits per heavy atom. The van der Waals surface area contributed by atoms with E-state index in [0.29, 0.717) is 18.0 Å². The summed E-state index contributed by atoms with van der Waals surface area (Å²) in [4.78, 5) is 6.40. The molecule has 0 saturated carbocycles. The maximum absolute atomic E-state index is 14.6. The van der Waals surface area contributed by atoms with Crippen LogP contribution in [0, 0.1) is 6.92 Å². The van der Waals surface area contributed by atoms with E-state index in [-0.39, 0.29) is 10.9 Å². The average Bonchev–Trinajstić information content (AvgIpc) is 3.47. The summed E-state index contributed by atoms with van der Waals surface area (Å²) < 4.78 is 36.5. The van der Waals surface area contributed by atoms with Gasteiger partial charge < -0.3 is 9.72 Å². The van der Waals surface area contributed by atoms with Crippen LogP contribution in [-0.4, -0.2) is 32.0 Å². The van der Waals surface area contributed by atoms with Crippen LogP contribution in [0.2, 0.25) is 0 Å². The molecule has 3 heterocycles. The molecular weight excluding hydrogens is 518 g/mol. The average molecular weight is 550 g/mol. The van der Waals surface area contributed by atoms with E-state index in [1.54, 1.807) is 23.5 Å². The lowest BCUT2D eigenvalue weighted by Gasteiger charge is -2.34. The second-order valence-corrected chi connectivity index (χ2v) is 12.5. The maximum Gasteiger partial charge on any atom is 0.265 e. The van der Waals surface area contributed by atoms with Gasteiger partial charge in [-0.15, -0.1) is 0 Å². The second-order valence-electron chi connectivity index (χ2n) is 10.7. The molecule has 2 atom stereocenters. The van der Waals surface area contributed by atoms with Gasteiger partial charge in [0.25, 0.3) is 10.0 Å². The number of hydrogen-bond acceptors (Lipinski definition) is 4. The molecular formula is C33H31N3O3S. The van der Waals surface area contributed by atoms with Crippen LogP contribution >= 0.6 is 0 Å². The van der Waals surface area contributed by atoms with Crippen LogP contribution in [0.15, 0.2) is 102 Å². The van der Waals surface area contributed by atoms with Crippen molar-refractivity contribution in [3.8, 4) is 5.75 Å². The quantitative estimate of drug-likeness (QED) is 0.271. The van der Waals surface area contributed by atoms with Crippen LogP contribution < -0.4 is 9.04 Å². The van der Waals surface area contributed by atoms with E-state index in [0.717, 1.165) is 40.7 Å². The van der Waals surface area contributed by atoms with Crippen LogP contribution in [0.5, 0.6) is 5.75 Å². The zero-order valence-corrected chi connectivity index (χ0v) is 23.4. The number of aromatic nitrogens is 1. The molecule has 2 aliphatic rings. The number of nitrogens with zero attached hydrogens (tertiary/aromatic N) is 2. The van der Waals surface area contributed by atoms with Crippen molar-refractivity contribution in [3.63, 3.8) is 0 Å². The molecule has 0 bridgehead atoms. The maximum atomic E-state index is 14.6. The zero-order valence-electron chi connectivity index (χ0n) is 22.5. The fourth-order valence-electron chi connectivity index (χ4n) is 6.45. The molecule has 6 nitrogen and oxygen atoms in total. The Kier molecular flexibility index (Phi) is 5.95. The fourth-order valence-corrected chi connectivity index (χ4v) is 8.10. The summed E-state index contributed by atoms with van der Waals surface area (Å²) in [5.74, 6) is 0.716. The number of aryl methyl sites for hydroxylation is 1. The SMILES string of the molecule is COc1ccc2c(c1)[C@H]1[C@H](c3[nH]c4ccccc4c3CCN1Cc1ccccc1)N2S(=O)(=O)c1ccc(C)cc1. The summed E-state index contributed by atoms with van der Waals surface area (Å²) in [6, 6.07) is 30.9. The van der Waals surface area contributed by atoms with E-state index in [1.165, 1.54) is 11.1 Å². The van der Waals surface area contributed by atoms with Crippen molar-refractivity contribution in [2.45, 2.75) is 36.9 Å². The summed E-state index contributed by atoms with van der Waals surface area (Å²) in [7, 11) is -2.25. The third kappa shape index (κ3) is 3.92. The lowest BCUT2D eigenvalue weighted by Crippen LogP contribution is -2.38. The first kappa shape index (κ1) is 24.9. The normalized spacial score (nSPS) is 18.7. The highest BCUT2D eigenvalue weighted by molar-refractivity contribution is 7.92. The summed E-state index contributed by atoms with van der Waals surface area (Å²) in [5.41, 5.74) is 7.05. The minimum Gasteiger partial charge on any atom is -0.497 e. The molecule has 0 saturated heterocycles. The van der Waals surface area contributed by atoms with Crippen molar-refractivity contribution in [2.24, 2.45) is 0 Å². The van der Waals surface area contributed by atoms with Crippen molar-refractivity contribution < 1.29 is 13.2 Å². The zero-order chi connectivity index (χ0) is 27.4. The fraction of sp³-hybridized carbons (Fsp3) is 0.212. The molecule has 1 aromatic heterocycles. The number of anilines is 1. The summed E-state index contributed by atoms with van der Waals surface area (Å²) >= 11 is 0. The van der Waals surface area contributed by atoms with Gasteiger partial charge >= 0.3 is 0 Å². The number of nitrogens with one attached hydrogen (secondary N) is 1. The Bertz CT molecular complexity index is 1810. The van der Waals surface area contributed by atoms with Gasteiger partial charge in [0, 0.05) is 29.7 Å². The minimum atomic E-state index is -3.91. The smallest absolute Gasteiger partial charge is 0.265 e. The lowest BCUT2D eigenvalue weighted by atomic mass is 9.98. The van der Waals surface area contributed by atoms with Crippen LogP contribution in [0.1, 0.15) is 40.0 Å². The van der Waals surface area contributed by atoms with E-state index in [1.807, 2.05) is 49.4 Å². The third-order valence-corrected chi connectivity index (χ3v) is 10.1. The van der Waals surface area contributed by atoms with E-state index in [9.17, 15) is 8.42 Å². The standard InChI is InChI=1S/C33H31N3O3S/c1-22-12-15-25(16-13-22)40(37,38)36-30-17-14-24(39-2)20-28(30)32-33(36)31-27(26-10-6-7-11-29(26)34-31)18-19-35(32)21-23-8-4-3-5-9-23/h3-17,20,32-34H,18-19,21H2,1-2H3/t32-,33-/m0/s1. The van der Waals surface area contributed by atoms with Gasteiger partial charge in [-0.1, -0.05) is 66.2 Å². The number of fused-ring (bicyclic) bond motifs is 7. The first-order chi connectivity index (χ1) is 19.5. The van der Waals surface area contributed by atoms with Gasteiger partial charge in [0.2, 0.25) is 0 Å². The highest BCUT2D eigenvalue weighted by atomic mass is 32.2. The van der Waals surface area contributed by atoms with E-state index >= 15 is 0 Å². The van der Waals surface area contributed by atoms with Crippen molar-refractivity contribution in [1.29, 1.82) is 0 Å². The minimum absolute atomic E-state index is 0.208. The number of aromatic amines is 1. The number of sulfonamides is 1. The largest absolute Gasteiger partial charge is 0.497 e. The molecule has 0 aliphatic carbocycles. The molecule has 0 radical (unpaired) electrons. The van der Waals surface area contributed by atoms with Crippen molar-refractivity contribution in [2.75, 3.05) is 18.0 Å². The van der Waals surface area contributed by atoms with E-state index in [2.05, 4.69) is 52.3 Å². The molecule has 7 rings (SSSR count). The molecule has 4 aromatic carbocycles. The number of methoxy groups -OCH3 is 1. The Balaban J connectivity index is 1.48. The van der Waals surface area contributed by atoms with Crippen molar-refractivity contribution >= 4 is 26.6 Å². The number of hydrogen-bond donors (Lipinski definition) is 1. The number of H-pyrrole nitrogens is 1. The molecule has 0 amide bonds. The molecule has 0 spiro atoms. The van der Waals surface area contributed by atoms with Gasteiger partial charge in [0.1, 0.15) is 11.8 Å². The number of para-hydroxylation sites is 1. The van der Waals surface area contributed by atoms with Crippen LogP contribution in [-0.2, 0) is 23.0 Å². The molecule has 0 fully saturated rings. The number of rotatable bonds is 5. The first-order valence-corrected chi connectivity index (χ1v) is 15.1. The summed E-state index contributed by atoms with van der Waals surface area (Å²) in [6.07, 6.45) is 0.816. The van der Waals surface area contributed by atoms with Crippen LogP contribution in [0.3, 0.4) is 0 Å². The van der Waals surface area contributed by atoms with E-state index in [4.69, 9.17) is 4.74 Å². The van der Waals surface area contributed by atoms with Crippen LogP contribution in [0.25, 0.3) is 10.9 Å². The van der Waals surface area contributed by atoms with Gasteiger partial charge in [-0.25, -0.2) is 8.42 Å². The van der Waals surface area contributed by atoms with Crippen molar-refractivity contribution in [3.05, 3.63) is 125 Å². The van der Waals surface area contributed by atoms with Crippen LogP contribution in [0.4, 0.5) is 5.69 Å². The Morgan fingerprint density at radius 3 is 2.42 bits per heavy atom. The lowest BCUT2D eigenvalue weighted by molar-refractivity contribution is 0.181. The molecule has 1 N–H and O–H groups in total. The predicted octanol–water partition coefficient (Wildman–Crippen LogP) is 6.53. The Hall–Kier alpha value is -4.07. The molecule has 202 valence electrons. The Labute approximate surface area is 234 Å². The van der Waals surface area contributed by atoms with Crippen molar-refractivity contribution in [1.82, 2.24) is 9.88 Å². The molecule has 0 unspecified atom stereocenters. The summed E-state index contributed by atoms with van der Waals surface area (Å²) in [5, 5.41) is 1.15. The monoisotopic (exact) mass is 549 g/mol.